The lowest BCUT2D eigenvalue weighted by Crippen LogP contribution is -2.35. The van der Waals surface area contributed by atoms with E-state index in [0.717, 1.165) is 10.5 Å². The standard InChI is InChI=1S/C22H15BrF3N5O4/c23-12-1-3-13(4-2-12)31(21(27)35)10-11-5-6-30(9-11)17-8-16-15(7-14(17)22(24,25)26)29-19(32)18(28-16)20(33)34/h1-9H,10H2,(H2,27,35)(H,29,32)(H,33,34). The highest BCUT2D eigenvalue weighted by atomic mass is 79.9. The fraction of sp³-hybridized carbons (Fsp3) is 0.0909. The van der Waals surface area contributed by atoms with Crippen molar-refractivity contribution in [3.63, 3.8) is 0 Å². The molecular formula is C22H15BrF3N5O4. The van der Waals surface area contributed by atoms with Gasteiger partial charge in [-0.3, -0.25) is 9.69 Å². The van der Waals surface area contributed by atoms with Gasteiger partial charge >= 0.3 is 18.2 Å². The van der Waals surface area contributed by atoms with Crippen molar-refractivity contribution in [1.29, 1.82) is 0 Å². The number of aromatic carboxylic acids is 1. The van der Waals surface area contributed by atoms with E-state index in [1.54, 1.807) is 24.3 Å². The van der Waals surface area contributed by atoms with Gasteiger partial charge in [-0.25, -0.2) is 14.6 Å². The Hall–Kier alpha value is -4.13. The van der Waals surface area contributed by atoms with E-state index in [9.17, 15) is 27.6 Å². The number of benzene rings is 2. The minimum atomic E-state index is -4.80. The first-order valence-electron chi connectivity index (χ1n) is 9.82. The molecule has 4 aromatic rings. The Morgan fingerprint density at radius 2 is 1.86 bits per heavy atom. The zero-order valence-corrected chi connectivity index (χ0v) is 19.1. The zero-order valence-electron chi connectivity index (χ0n) is 17.5. The predicted octanol–water partition coefficient (Wildman–Crippen LogP) is 4.28. The highest BCUT2D eigenvalue weighted by Gasteiger charge is 2.35. The van der Waals surface area contributed by atoms with Gasteiger partial charge in [0, 0.05) is 22.6 Å². The minimum absolute atomic E-state index is 0.0202. The number of nitrogens with zero attached hydrogens (tertiary/aromatic N) is 3. The molecule has 0 saturated carbocycles. The molecule has 180 valence electrons. The summed E-state index contributed by atoms with van der Waals surface area (Å²) in [6, 6.07) is 9.23. The first-order chi connectivity index (χ1) is 16.4. The maximum atomic E-state index is 13.9. The van der Waals surface area contributed by atoms with Crippen molar-refractivity contribution in [3.8, 4) is 5.69 Å². The van der Waals surface area contributed by atoms with Crippen LogP contribution in [0.1, 0.15) is 21.6 Å². The van der Waals surface area contributed by atoms with E-state index < -0.39 is 35.0 Å². The van der Waals surface area contributed by atoms with Crippen LogP contribution in [0.2, 0.25) is 0 Å². The zero-order chi connectivity index (χ0) is 25.5. The van der Waals surface area contributed by atoms with E-state index in [1.165, 1.54) is 27.9 Å². The number of rotatable bonds is 5. The molecule has 4 N–H and O–H groups in total. The number of H-pyrrole nitrogens is 1. The van der Waals surface area contributed by atoms with Gasteiger partial charge < -0.3 is 20.4 Å². The number of alkyl halides is 3. The minimum Gasteiger partial charge on any atom is -0.476 e. The molecule has 0 aliphatic rings. The largest absolute Gasteiger partial charge is 0.476 e. The average Bonchev–Trinajstić information content (AvgIpc) is 3.24. The van der Waals surface area contributed by atoms with Crippen LogP contribution in [0.25, 0.3) is 16.7 Å². The van der Waals surface area contributed by atoms with Crippen LogP contribution in [-0.2, 0) is 12.7 Å². The summed E-state index contributed by atoms with van der Waals surface area (Å²) in [5.41, 5.74) is 2.67. The number of amides is 2. The number of carboxylic acid groups (broad SMARTS) is 1. The van der Waals surface area contributed by atoms with E-state index >= 15 is 0 Å². The van der Waals surface area contributed by atoms with E-state index in [2.05, 4.69) is 25.9 Å². The Morgan fingerprint density at radius 3 is 2.46 bits per heavy atom. The molecule has 35 heavy (non-hydrogen) atoms. The molecule has 2 heterocycles. The van der Waals surface area contributed by atoms with Gasteiger partial charge in [-0.05, 0) is 48.0 Å². The fourth-order valence-electron chi connectivity index (χ4n) is 3.49. The second kappa shape index (κ2) is 8.91. The molecule has 13 heteroatoms. The van der Waals surface area contributed by atoms with Crippen molar-refractivity contribution in [2.24, 2.45) is 5.73 Å². The number of nitrogens with two attached hydrogens (primary N) is 1. The summed E-state index contributed by atoms with van der Waals surface area (Å²) in [6.07, 6.45) is -2.06. The van der Waals surface area contributed by atoms with E-state index in [-0.39, 0.29) is 23.3 Å². The number of hydrogen-bond donors (Lipinski definition) is 3. The fourth-order valence-corrected chi connectivity index (χ4v) is 3.76. The van der Waals surface area contributed by atoms with Gasteiger partial charge in [0.2, 0.25) is 5.69 Å². The van der Waals surface area contributed by atoms with Crippen molar-refractivity contribution >= 4 is 44.7 Å². The van der Waals surface area contributed by atoms with Gasteiger partial charge in [0.05, 0.1) is 28.8 Å². The Bertz CT molecular complexity index is 1510. The van der Waals surface area contributed by atoms with Gasteiger partial charge in [-0.15, -0.1) is 0 Å². The van der Waals surface area contributed by atoms with E-state index in [0.29, 0.717) is 17.3 Å². The van der Waals surface area contributed by atoms with Crippen LogP contribution in [0, 0.1) is 0 Å². The number of carbonyl (C=O) groups is 2. The van der Waals surface area contributed by atoms with E-state index in [4.69, 9.17) is 10.8 Å². The number of carboxylic acids is 1. The first-order valence-corrected chi connectivity index (χ1v) is 10.6. The van der Waals surface area contributed by atoms with Gasteiger partial charge in [-0.2, -0.15) is 13.2 Å². The van der Waals surface area contributed by atoms with Crippen LogP contribution in [0.3, 0.4) is 0 Å². The lowest BCUT2D eigenvalue weighted by atomic mass is 10.1. The number of halogens is 4. The van der Waals surface area contributed by atoms with Crippen LogP contribution in [-0.4, -0.2) is 31.6 Å². The van der Waals surface area contributed by atoms with Crippen LogP contribution < -0.4 is 16.2 Å². The summed E-state index contributed by atoms with van der Waals surface area (Å²) >= 11 is 3.30. The topological polar surface area (TPSA) is 134 Å². The van der Waals surface area contributed by atoms with Crippen molar-refractivity contribution in [1.82, 2.24) is 14.5 Å². The molecule has 0 atom stereocenters. The van der Waals surface area contributed by atoms with Crippen molar-refractivity contribution in [2.75, 3.05) is 4.90 Å². The molecule has 2 aromatic carbocycles. The molecule has 9 nitrogen and oxygen atoms in total. The third-order valence-corrected chi connectivity index (χ3v) is 5.62. The monoisotopic (exact) mass is 549 g/mol. The van der Waals surface area contributed by atoms with Gasteiger partial charge in [-0.1, -0.05) is 15.9 Å². The Balaban J connectivity index is 1.78. The molecular weight excluding hydrogens is 535 g/mol. The van der Waals surface area contributed by atoms with Gasteiger partial charge in [0.1, 0.15) is 0 Å². The third-order valence-electron chi connectivity index (χ3n) is 5.09. The number of hydrogen-bond acceptors (Lipinski definition) is 4. The van der Waals surface area contributed by atoms with Crippen LogP contribution in [0.5, 0.6) is 0 Å². The van der Waals surface area contributed by atoms with Gasteiger partial charge in [0.15, 0.2) is 0 Å². The van der Waals surface area contributed by atoms with Crippen molar-refractivity contribution in [2.45, 2.75) is 12.7 Å². The molecule has 0 bridgehead atoms. The van der Waals surface area contributed by atoms with E-state index in [1.807, 2.05) is 0 Å². The lowest BCUT2D eigenvalue weighted by Gasteiger charge is -2.20. The normalized spacial score (nSPS) is 11.5. The summed E-state index contributed by atoms with van der Waals surface area (Å²) in [7, 11) is 0. The molecule has 0 spiro atoms. The molecule has 4 rings (SSSR count). The maximum absolute atomic E-state index is 13.9. The quantitative estimate of drug-likeness (QED) is 0.341. The second-order valence-electron chi connectivity index (χ2n) is 7.43. The van der Waals surface area contributed by atoms with Crippen LogP contribution >= 0.6 is 15.9 Å². The number of fused-ring (bicyclic) bond motifs is 1. The number of carbonyl (C=O) groups excluding carboxylic acids is 1. The van der Waals surface area contributed by atoms with Gasteiger partial charge in [0.25, 0.3) is 5.56 Å². The second-order valence-corrected chi connectivity index (χ2v) is 8.35. The SMILES string of the molecule is NC(=O)N(Cc1ccn(-c2cc3nc(C(=O)O)c(=O)[nH]c3cc2C(F)(F)F)c1)c1ccc(Br)cc1. The molecule has 0 aliphatic carbocycles. The smallest absolute Gasteiger partial charge is 0.418 e. The summed E-state index contributed by atoms with van der Waals surface area (Å²) < 4.78 is 43.5. The highest BCUT2D eigenvalue weighted by molar-refractivity contribution is 9.10. The Kier molecular flexibility index (Phi) is 6.11. The number of anilines is 1. The Labute approximate surface area is 202 Å². The molecule has 2 amide bonds. The molecule has 0 unspecified atom stereocenters. The molecule has 0 fully saturated rings. The summed E-state index contributed by atoms with van der Waals surface area (Å²) in [5.74, 6) is -1.61. The number of aromatic amines is 1. The average molecular weight is 550 g/mol. The molecule has 0 saturated heterocycles. The van der Waals surface area contributed by atoms with Crippen molar-refractivity contribution in [3.05, 3.63) is 86.5 Å². The number of urea groups is 1. The number of aromatic nitrogens is 3. The molecule has 0 radical (unpaired) electrons. The number of nitrogens with one attached hydrogen (secondary N) is 1. The molecule has 2 aromatic heterocycles. The van der Waals surface area contributed by atoms with Crippen LogP contribution in [0.4, 0.5) is 23.7 Å². The lowest BCUT2D eigenvalue weighted by molar-refractivity contribution is -0.137. The summed E-state index contributed by atoms with van der Waals surface area (Å²) in [6.45, 7) is -0.0202. The summed E-state index contributed by atoms with van der Waals surface area (Å²) in [4.78, 5) is 42.2. The van der Waals surface area contributed by atoms with Crippen molar-refractivity contribution < 1.29 is 27.9 Å². The predicted molar refractivity (Wildman–Crippen MR) is 124 cm³/mol. The first kappa shape index (κ1) is 24.0. The molecule has 0 aliphatic heterocycles. The number of primary amides is 1. The Morgan fingerprint density at radius 1 is 1.17 bits per heavy atom. The van der Waals surface area contributed by atoms with Crippen LogP contribution in [0.15, 0.2) is 64.1 Å². The maximum Gasteiger partial charge on any atom is 0.418 e. The summed E-state index contributed by atoms with van der Waals surface area (Å²) in [5, 5.41) is 9.12. The highest BCUT2D eigenvalue weighted by Crippen LogP contribution is 2.36. The third kappa shape index (κ3) is 4.89.